The smallest absolute Gasteiger partial charge is 0.271 e. The van der Waals surface area contributed by atoms with Crippen LogP contribution in [-0.4, -0.2) is 16.0 Å². The fourth-order valence-electron chi connectivity index (χ4n) is 2.91. The third kappa shape index (κ3) is 2.51. The van der Waals surface area contributed by atoms with Crippen LogP contribution in [0.5, 0.6) is 5.75 Å². The zero-order chi connectivity index (χ0) is 15.8. The van der Waals surface area contributed by atoms with E-state index in [4.69, 9.17) is 4.42 Å². The number of aromatic hydroxyl groups is 1. The summed E-state index contributed by atoms with van der Waals surface area (Å²) in [7, 11) is 0. The number of nitrogens with zero attached hydrogens (tertiary/aromatic N) is 1. The fourth-order valence-corrected chi connectivity index (χ4v) is 3.70. The van der Waals surface area contributed by atoms with E-state index in [0.29, 0.717) is 11.4 Å². The maximum absolute atomic E-state index is 12.4. The van der Waals surface area contributed by atoms with Crippen molar-refractivity contribution in [2.24, 2.45) is 0 Å². The van der Waals surface area contributed by atoms with Gasteiger partial charge in [-0.1, -0.05) is 12.1 Å². The summed E-state index contributed by atoms with van der Waals surface area (Å²) in [4.78, 5) is 16.8. The number of rotatable bonds is 3. The first-order valence-corrected chi connectivity index (χ1v) is 8.20. The molecule has 1 atom stereocenters. The van der Waals surface area contributed by atoms with E-state index >= 15 is 0 Å². The zero-order valence-electron chi connectivity index (χ0n) is 12.2. The van der Waals surface area contributed by atoms with Crippen LogP contribution in [0.25, 0.3) is 10.6 Å². The molecule has 1 amide bonds. The van der Waals surface area contributed by atoms with Crippen molar-refractivity contribution in [3.8, 4) is 16.3 Å². The lowest BCUT2D eigenvalue weighted by Gasteiger charge is -2.13. The van der Waals surface area contributed by atoms with Crippen LogP contribution in [0.15, 0.2) is 46.6 Å². The molecule has 3 aromatic rings. The first kappa shape index (κ1) is 14.0. The molecule has 0 fully saturated rings. The van der Waals surface area contributed by atoms with Crippen LogP contribution in [0, 0.1) is 0 Å². The van der Waals surface area contributed by atoms with Crippen LogP contribution in [-0.2, 0) is 6.42 Å². The van der Waals surface area contributed by atoms with E-state index in [1.165, 1.54) is 11.3 Å². The lowest BCUT2D eigenvalue weighted by molar-refractivity contribution is 0.0932. The number of carbonyl (C=O) groups is 1. The molecule has 1 aliphatic rings. The standard InChI is InChI=1S/C17H14N2O3S/c20-15-3-1-2-11-12(15)4-5-13(11)18-16(21)14-9-23-17(19-14)10-6-7-22-8-10/h1-3,6-9,13,20H,4-5H2,(H,18,21). The Morgan fingerprint density at radius 2 is 2.30 bits per heavy atom. The van der Waals surface area contributed by atoms with Gasteiger partial charge >= 0.3 is 0 Å². The Hall–Kier alpha value is -2.60. The number of nitrogens with one attached hydrogen (secondary N) is 1. The predicted octanol–water partition coefficient (Wildman–Crippen LogP) is 3.53. The Morgan fingerprint density at radius 3 is 3.13 bits per heavy atom. The number of hydrogen-bond donors (Lipinski definition) is 2. The van der Waals surface area contributed by atoms with Gasteiger partial charge in [0.2, 0.25) is 0 Å². The third-order valence-electron chi connectivity index (χ3n) is 4.06. The van der Waals surface area contributed by atoms with Gasteiger partial charge in [0.25, 0.3) is 5.91 Å². The van der Waals surface area contributed by atoms with Gasteiger partial charge in [-0.2, -0.15) is 0 Å². The summed E-state index contributed by atoms with van der Waals surface area (Å²) in [5.41, 5.74) is 3.18. The Bertz CT molecular complexity index is 855. The van der Waals surface area contributed by atoms with Gasteiger partial charge in [0.15, 0.2) is 0 Å². The van der Waals surface area contributed by atoms with Crippen molar-refractivity contribution in [1.82, 2.24) is 10.3 Å². The van der Waals surface area contributed by atoms with E-state index < -0.39 is 0 Å². The number of thiazole rings is 1. The van der Waals surface area contributed by atoms with Crippen molar-refractivity contribution >= 4 is 17.2 Å². The van der Waals surface area contributed by atoms with Crippen molar-refractivity contribution in [3.63, 3.8) is 0 Å². The molecule has 116 valence electrons. The molecule has 0 bridgehead atoms. The number of amides is 1. The summed E-state index contributed by atoms with van der Waals surface area (Å²) in [5, 5.41) is 15.4. The molecule has 0 aliphatic heterocycles. The number of fused-ring (bicyclic) bond motifs is 1. The molecule has 23 heavy (non-hydrogen) atoms. The molecule has 0 saturated heterocycles. The minimum atomic E-state index is -0.197. The summed E-state index contributed by atoms with van der Waals surface area (Å²) < 4.78 is 5.04. The van der Waals surface area contributed by atoms with Crippen molar-refractivity contribution in [1.29, 1.82) is 0 Å². The molecule has 6 heteroatoms. The lowest BCUT2D eigenvalue weighted by Crippen LogP contribution is -2.27. The SMILES string of the molecule is O=C(NC1CCc2c(O)cccc21)c1csc(-c2ccoc2)n1. The van der Waals surface area contributed by atoms with Gasteiger partial charge in [0.05, 0.1) is 12.3 Å². The zero-order valence-corrected chi connectivity index (χ0v) is 13.0. The topological polar surface area (TPSA) is 75.4 Å². The van der Waals surface area contributed by atoms with Crippen LogP contribution in [0.3, 0.4) is 0 Å². The number of furan rings is 1. The molecule has 2 N–H and O–H groups in total. The molecule has 0 spiro atoms. The van der Waals surface area contributed by atoms with Crippen LogP contribution < -0.4 is 5.32 Å². The second-order valence-electron chi connectivity index (χ2n) is 5.46. The molecular weight excluding hydrogens is 312 g/mol. The van der Waals surface area contributed by atoms with Crippen LogP contribution in [0.1, 0.15) is 34.1 Å². The molecule has 1 aromatic carbocycles. The number of aromatic nitrogens is 1. The van der Waals surface area contributed by atoms with Gasteiger partial charge in [-0.05, 0) is 36.1 Å². The number of hydrogen-bond acceptors (Lipinski definition) is 5. The average Bonchev–Trinajstić information content (AvgIpc) is 3.28. The Labute approximate surface area is 136 Å². The van der Waals surface area contributed by atoms with Crippen LogP contribution in [0.4, 0.5) is 0 Å². The van der Waals surface area contributed by atoms with Gasteiger partial charge in [-0.3, -0.25) is 4.79 Å². The van der Waals surface area contributed by atoms with Gasteiger partial charge in [0, 0.05) is 10.9 Å². The van der Waals surface area contributed by atoms with E-state index in [1.807, 2.05) is 12.1 Å². The quantitative estimate of drug-likeness (QED) is 0.772. The highest BCUT2D eigenvalue weighted by Gasteiger charge is 2.26. The number of phenolic OH excluding ortho intramolecular Hbond substituents is 1. The lowest BCUT2D eigenvalue weighted by atomic mass is 10.1. The van der Waals surface area contributed by atoms with Crippen LogP contribution in [0.2, 0.25) is 0 Å². The second kappa shape index (κ2) is 5.55. The van der Waals surface area contributed by atoms with Crippen molar-refractivity contribution in [3.05, 3.63) is 59.0 Å². The summed E-state index contributed by atoms with van der Waals surface area (Å²) in [5.74, 6) is 0.104. The highest BCUT2D eigenvalue weighted by atomic mass is 32.1. The van der Waals surface area contributed by atoms with Gasteiger partial charge in [-0.15, -0.1) is 11.3 Å². The van der Waals surface area contributed by atoms with E-state index in [0.717, 1.165) is 34.5 Å². The summed E-state index contributed by atoms with van der Waals surface area (Å²) in [6.45, 7) is 0. The molecule has 4 rings (SSSR count). The van der Waals surface area contributed by atoms with Crippen molar-refractivity contribution < 1.29 is 14.3 Å². The summed E-state index contributed by atoms with van der Waals surface area (Å²) in [6, 6.07) is 7.17. The molecule has 2 heterocycles. The third-order valence-corrected chi connectivity index (χ3v) is 4.95. The molecular formula is C17H14N2O3S. The Kier molecular flexibility index (Phi) is 3.38. The second-order valence-corrected chi connectivity index (χ2v) is 6.32. The monoisotopic (exact) mass is 326 g/mol. The van der Waals surface area contributed by atoms with Gasteiger partial charge in [-0.25, -0.2) is 4.98 Å². The van der Waals surface area contributed by atoms with Gasteiger partial charge < -0.3 is 14.8 Å². The van der Waals surface area contributed by atoms with E-state index in [1.54, 1.807) is 30.0 Å². The highest BCUT2D eigenvalue weighted by molar-refractivity contribution is 7.13. The predicted molar refractivity (Wildman–Crippen MR) is 86.5 cm³/mol. The van der Waals surface area contributed by atoms with Crippen molar-refractivity contribution in [2.75, 3.05) is 0 Å². The maximum Gasteiger partial charge on any atom is 0.271 e. The number of benzene rings is 1. The molecule has 0 saturated carbocycles. The Morgan fingerprint density at radius 1 is 1.39 bits per heavy atom. The minimum absolute atomic E-state index is 0.0799. The highest BCUT2D eigenvalue weighted by Crippen LogP contribution is 2.36. The minimum Gasteiger partial charge on any atom is -0.508 e. The maximum atomic E-state index is 12.4. The molecule has 5 nitrogen and oxygen atoms in total. The Balaban J connectivity index is 1.53. The van der Waals surface area contributed by atoms with Crippen molar-refractivity contribution in [2.45, 2.75) is 18.9 Å². The fraction of sp³-hybridized carbons (Fsp3) is 0.176. The molecule has 1 unspecified atom stereocenters. The first-order chi connectivity index (χ1) is 11.2. The number of carbonyl (C=O) groups excluding carboxylic acids is 1. The normalized spacial score (nSPS) is 16.3. The first-order valence-electron chi connectivity index (χ1n) is 7.32. The average molecular weight is 326 g/mol. The molecule has 0 radical (unpaired) electrons. The molecule has 2 aromatic heterocycles. The summed E-state index contributed by atoms with van der Waals surface area (Å²) >= 11 is 1.41. The van der Waals surface area contributed by atoms with Gasteiger partial charge in [0.1, 0.15) is 22.7 Å². The van der Waals surface area contributed by atoms with E-state index in [9.17, 15) is 9.90 Å². The molecule has 1 aliphatic carbocycles. The number of phenols is 1. The summed E-state index contributed by atoms with van der Waals surface area (Å²) in [6.07, 6.45) is 4.75. The van der Waals surface area contributed by atoms with Crippen LogP contribution >= 0.6 is 11.3 Å². The largest absolute Gasteiger partial charge is 0.508 e. The van der Waals surface area contributed by atoms with E-state index in [-0.39, 0.29) is 11.9 Å². The van der Waals surface area contributed by atoms with E-state index in [2.05, 4.69) is 10.3 Å².